The Morgan fingerprint density at radius 2 is 2.00 bits per heavy atom. The molecule has 0 aromatic heterocycles. The molecule has 0 spiro atoms. The van der Waals surface area contributed by atoms with Crippen LogP contribution < -0.4 is 4.72 Å². The number of benzene rings is 1. The highest BCUT2D eigenvalue weighted by Gasteiger charge is 2.38. The Labute approximate surface area is 144 Å². The monoisotopic (exact) mass is 356 g/mol. The van der Waals surface area contributed by atoms with Gasteiger partial charge in [-0.3, -0.25) is 14.9 Å². The summed E-state index contributed by atoms with van der Waals surface area (Å²) in [5, 5.41) is 11.1. The lowest BCUT2D eigenvalue weighted by Crippen LogP contribution is -2.49. The van der Waals surface area contributed by atoms with Crippen LogP contribution in [0.1, 0.15) is 46.1 Å². The number of carbonyl (C=O) groups is 1. The van der Waals surface area contributed by atoms with Gasteiger partial charge in [0.15, 0.2) is 0 Å². The number of ether oxygens (including phenoxy) is 1. The van der Waals surface area contributed by atoms with Crippen molar-refractivity contribution in [3.63, 3.8) is 0 Å². The Morgan fingerprint density at radius 3 is 2.46 bits per heavy atom. The molecule has 0 aliphatic heterocycles. The number of hydrogen-bond acceptors (Lipinski definition) is 5. The van der Waals surface area contributed by atoms with E-state index in [-0.39, 0.29) is 12.1 Å². The molecule has 0 saturated heterocycles. The molecule has 8 heteroatoms. The molecule has 2 unspecified atom stereocenters. The van der Waals surface area contributed by atoms with Gasteiger partial charge in [-0.1, -0.05) is 19.1 Å². The zero-order valence-electron chi connectivity index (χ0n) is 14.6. The molecule has 1 rings (SSSR count). The Balaban J connectivity index is 3.40. The summed E-state index contributed by atoms with van der Waals surface area (Å²) in [7, 11) is -0.196. The van der Waals surface area contributed by atoms with Gasteiger partial charge >= 0.3 is 5.97 Å². The lowest BCUT2D eigenvalue weighted by molar-refractivity contribution is -0.385. The highest BCUT2D eigenvalue weighted by atomic mass is 32.2. The van der Waals surface area contributed by atoms with Gasteiger partial charge in [-0.25, -0.2) is 8.93 Å². The average molecular weight is 356 g/mol. The highest BCUT2D eigenvalue weighted by molar-refractivity contribution is 7.84. The van der Waals surface area contributed by atoms with Gasteiger partial charge in [-0.15, -0.1) is 0 Å². The number of rotatable bonds is 7. The number of non-ortho nitro benzene ring substituents is 1. The lowest BCUT2D eigenvalue weighted by atomic mass is 9.85. The van der Waals surface area contributed by atoms with Crippen LogP contribution >= 0.6 is 0 Å². The average Bonchev–Trinajstić information content (AvgIpc) is 2.53. The summed E-state index contributed by atoms with van der Waals surface area (Å²) >= 11 is 0. The van der Waals surface area contributed by atoms with Crippen LogP contribution in [0.2, 0.25) is 0 Å². The number of nitro benzene ring substituents is 1. The second-order valence-electron chi connectivity index (χ2n) is 6.48. The van der Waals surface area contributed by atoms with Crippen LogP contribution in [-0.2, 0) is 26.1 Å². The normalized spacial score (nSPS) is 15.4. The number of nitro groups is 1. The smallest absolute Gasteiger partial charge is 0.307 e. The van der Waals surface area contributed by atoms with E-state index < -0.39 is 32.2 Å². The molecule has 1 N–H and O–H groups in total. The third-order valence-electron chi connectivity index (χ3n) is 3.73. The summed E-state index contributed by atoms with van der Waals surface area (Å²) in [6.45, 7) is 7.25. The first-order valence-electron chi connectivity index (χ1n) is 7.57. The van der Waals surface area contributed by atoms with Gasteiger partial charge in [-0.2, -0.15) is 0 Å². The number of hydrogen-bond donors (Lipinski definition) is 1. The number of carbonyl (C=O) groups excluding carboxylic acids is 1. The van der Waals surface area contributed by atoms with Gasteiger partial charge in [0.05, 0.1) is 39.7 Å². The SMILES string of the molecule is CCC(CC(=O)OC)(NS(=O)C(C)(C)C)c1cccc([N+](=O)[O-])c1. The standard InChI is InChI=1S/C16H24N2O5S/c1-6-16(11-14(19)23-5,17-24(22)15(2,3)4)12-8-7-9-13(10-12)18(20)21/h7-10,17H,6,11H2,1-5H3. The van der Waals surface area contributed by atoms with E-state index >= 15 is 0 Å². The molecule has 0 aliphatic carbocycles. The molecule has 134 valence electrons. The zero-order valence-corrected chi connectivity index (χ0v) is 15.4. The van der Waals surface area contributed by atoms with E-state index in [0.29, 0.717) is 12.0 Å². The van der Waals surface area contributed by atoms with Gasteiger partial charge in [0.25, 0.3) is 5.69 Å². The van der Waals surface area contributed by atoms with Crippen LogP contribution in [0.5, 0.6) is 0 Å². The highest BCUT2D eigenvalue weighted by Crippen LogP contribution is 2.33. The molecule has 7 nitrogen and oxygen atoms in total. The molecular weight excluding hydrogens is 332 g/mol. The van der Waals surface area contributed by atoms with Crippen LogP contribution in [0.3, 0.4) is 0 Å². The van der Waals surface area contributed by atoms with Gasteiger partial charge in [0, 0.05) is 12.1 Å². The van der Waals surface area contributed by atoms with E-state index in [1.54, 1.807) is 12.1 Å². The van der Waals surface area contributed by atoms with Gasteiger partial charge in [0.1, 0.15) is 0 Å². The van der Waals surface area contributed by atoms with E-state index in [9.17, 15) is 19.1 Å². The maximum atomic E-state index is 12.6. The fraction of sp³-hybridized carbons (Fsp3) is 0.562. The van der Waals surface area contributed by atoms with Crippen LogP contribution in [0, 0.1) is 10.1 Å². The van der Waals surface area contributed by atoms with E-state index in [2.05, 4.69) is 4.72 Å². The van der Waals surface area contributed by atoms with Crippen molar-refractivity contribution in [3.8, 4) is 0 Å². The third-order valence-corrected chi connectivity index (χ3v) is 5.42. The molecule has 0 amide bonds. The largest absolute Gasteiger partial charge is 0.469 e. The molecule has 24 heavy (non-hydrogen) atoms. The zero-order chi connectivity index (χ0) is 18.5. The first-order valence-corrected chi connectivity index (χ1v) is 8.72. The fourth-order valence-corrected chi connectivity index (χ4v) is 3.16. The van der Waals surface area contributed by atoms with Crippen molar-refractivity contribution in [2.75, 3.05) is 7.11 Å². The van der Waals surface area contributed by atoms with Crippen molar-refractivity contribution in [2.24, 2.45) is 0 Å². The number of methoxy groups -OCH3 is 1. The first-order chi connectivity index (χ1) is 11.1. The lowest BCUT2D eigenvalue weighted by Gasteiger charge is -2.35. The third kappa shape index (κ3) is 4.85. The Bertz CT molecular complexity index is 642. The Kier molecular flexibility index (Phi) is 6.62. The van der Waals surface area contributed by atoms with Crippen LogP contribution in [-0.4, -0.2) is 27.0 Å². The van der Waals surface area contributed by atoms with Gasteiger partial charge < -0.3 is 4.74 Å². The van der Waals surface area contributed by atoms with Gasteiger partial charge in [0.2, 0.25) is 0 Å². The summed E-state index contributed by atoms with van der Waals surface area (Å²) < 4.78 is 19.8. The van der Waals surface area contributed by atoms with Crippen LogP contribution in [0.25, 0.3) is 0 Å². The van der Waals surface area contributed by atoms with Crippen molar-refractivity contribution >= 4 is 22.6 Å². The Hall–Kier alpha value is -1.80. The summed E-state index contributed by atoms with van der Waals surface area (Å²) in [6.07, 6.45) is 0.327. The number of nitrogens with one attached hydrogen (secondary N) is 1. The van der Waals surface area contributed by atoms with E-state index in [4.69, 9.17) is 4.74 Å². The number of esters is 1. The molecule has 0 heterocycles. The minimum Gasteiger partial charge on any atom is -0.469 e. The molecule has 0 aliphatic rings. The van der Waals surface area contributed by atoms with Crippen LogP contribution in [0.4, 0.5) is 5.69 Å². The second-order valence-corrected chi connectivity index (χ2v) is 8.45. The molecule has 2 atom stereocenters. The molecule has 0 bridgehead atoms. The predicted octanol–water partition coefficient (Wildman–Crippen LogP) is 2.82. The van der Waals surface area contributed by atoms with Crippen molar-refractivity contribution in [2.45, 2.75) is 50.8 Å². The predicted molar refractivity (Wildman–Crippen MR) is 92.7 cm³/mol. The molecule has 0 radical (unpaired) electrons. The van der Waals surface area contributed by atoms with Crippen molar-refractivity contribution in [1.82, 2.24) is 4.72 Å². The summed E-state index contributed by atoms with van der Waals surface area (Å²) in [6, 6.07) is 6.02. The molecule has 1 aromatic rings. The maximum Gasteiger partial charge on any atom is 0.307 e. The van der Waals surface area contributed by atoms with Crippen LogP contribution in [0.15, 0.2) is 24.3 Å². The Morgan fingerprint density at radius 1 is 1.38 bits per heavy atom. The van der Waals surface area contributed by atoms with E-state index in [1.807, 2.05) is 27.7 Å². The molecule has 0 saturated carbocycles. The minimum atomic E-state index is -1.47. The van der Waals surface area contributed by atoms with Crippen molar-refractivity contribution in [1.29, 1.82) is 0 Å². The first kappa shape index (κ1) is 20.2. The minimum absolute atomic E-state index is 0.0804. The number of nitrogens with zero attached hydrogens (tertiary/aromatic N) is 1. The molecular formula is C16H24N2O5S. The van der Waals surface area contributed by atoms with Crippen molar-refractivity contribution < 1.29 is 18.7 Å². The maximum absolute atomic E-state index is 12.6. The summed E-state index contributed by atoms with van der Waals surface area (Å²) in [5.74, 6) is -0.484. The summed E-state index contributed by atoms with van der Waals surface area (Å²) in [5.41, 5.74) is -0.571. The fourth-order valence-electron chi connectivity index (χ4n) is 2.16. The van der Waals surface area contributed by atoms with E-state index in [1.165, 1.54) is 19.2 Å². The van der Waals surface area contributed by atoms with Gasteiger partial charge in [-0.05, 0) is 32.8 Å². The quantitative estimate of drug-likeness (QED) is 0.460. The molecule has 0 fully saturated rings. The topological polar surface area (TPSA) is 98.5 Å². The second kappa shape index (κ2) is 7.85. The molecule has 1 aromatic carbocycles. The van der Waals surface area contributed by atoms with E-state index in [0.717, 1.165) is 0 Å². The summed E-state index contributed by atoms with van der Waals surface area (Å²) in [4.78, 5) is 22.5. The van der Waals surface area contributed by atoms with Crippen molar-refractivity contribution in [3.05, 3.63) is 39.9 Å².